The van der Waals surface area contributed by atoms with Gasteiger partial charge in [-0.1, -0.05) is 17.7 Å². The highest BCUT2D eigenvalue weighted by Gasteiger charge is 2.04. The Morgan fingerprint density at radius 2 is 2.16 bits per heavy atom. The molecule has 100 valence electrons. The van der Waals surface area contributed by atoms with Crippen LogP contribution in [-0.2, 0) is 11.2 Å². The molecule has 3 heteroatoms. The van der Waals surface area contributed by atoms with Crippen LogP contribution in [0.25, 0.3) is 10.9 Å². The molecule has 0 unspecified atom stereocenters. The summed E-state index contributed by atoms with van der Waals surface area (Å²) in [6, 6.07) is 6.39. The fourth-order valence-electron chi connectivity index (χ4n) is 2.14. The van der Waals surface area contributed by atoms with Gasteiger partial charge in [-0.25, -0.2) is 0 Å². The number of aryl methyl sites for hydroxylation is 1. The summed E-state index contributed by atoms with van der Waals surface area (Å²) in [5, 5.41) is 4.14. The van der Waals surface area contributed by atoms with E-state index in [4.69, 9.17) is 0 Å². The van der Waals surface area contributed by atoms with Gasteiger partial charge in [0.05, 0.1) is 0 Å². The molecule has 0 spiro atoms. The van der Waals surface area contributed by atoms with Crippen molar-refractivity contribution in [2.24, 2.45) is 0 Å². The number of aromatic nitrogens is 1. The van der Waals surface area contributed by atoms with Crippen molar-refractivity contribution in [3.05, 3.63) is 47.2 Å². The minimum absolute atomic E-state index is 0.0179. The molecule has 1 aromatic carbocycles. The molecule has 1 aromatic heterocycles. The van der Waals surface area contributed by atoms with Crippen molar-refractivity contribution < 1.29 is 4.79 Å². The van der Waals surface area contributed by atoms with E-state index in [1.165, 1.54) is 16.5 Å². The summed E-state index contributed by atoms with van der Waals surface area (Å²) >= 11 is 0. The first-order valence-corrected chi connectivity index (χ1v) is 6.55. The average Bonchev–Trinajstić information content (AvgIpc) is 2.70. The molecule has 0 atom stereocenters. The number of rotatable bonds is 4. The Morgan fingerprint density at radius 3 is 2.89 bits per heavy atom. The molecular weight excluding hydrogens is 236 g/mol. The fourth-order valence-corrected chi connectivity index (χ4v) is 2.14. The zero-order chi connectivity index (χ0) is 13.8. The highest BCUT2D eigenvalue weighted by atomic mass is 16.1. The SMILES string of the molecule is CC(C)=CC(=O)NCCc1c[nH]c2cc(C)ccc12. The van der Waals surface area contributed by atoms with E-state index in [0.29, 0.717) is 6.54 Å². The molecule has 0 aliphatic heterocycles. The standard InChI is InChI=1S/C16H20N2O/c1-11(2)8-16(19)17-7-6-13-10-18-15-9-12(3)4-5-14(13)15/h4-5,8-10,18H,6-7H2,1-3H3,(H,17,19). The van der Waals surface area contributed by atoms with E-state index in [2.05, 4.69) is 35.4 Å². The number of allylic oxidation sites excluding steroid dienone is 1. The molecule has 0 fully saturated rings. The summed E-state index contributed by atoms with van der Waals surface area (Å²) in [5.41, 5.74) is 4.66. The van der Waals surface area contributed by atoms with E-state index < -0.39 is 0 Å². The maximum Gasteiger partial charge on any atom is 0.243 e. The van der Waals surface area contributed by atoms with Crippen LogP contribution in [0, 0.1) is 6.92 Å². The summed E-state index contributed by atoms with van der Waals surface area (Å²) in [5.74, 6) is -0.0179. The maximum absolute atomic E-state index is 11.5. The van der Waals surface area contributed by atoms with Crippen molar-refractivity contribution in [3.63, 3.8) is 0 Å². The Balaban J connectivity index is 1.99. The summed E-state index contributed by atoms with van der Waals surface area (Å²) in [4.78, 5) is 14.8. The molecule has 0 radical (unpaired) electrons. The molecule has 0 saturated heterocycles. The molecular formula is C16H20N2O. The molecule has 0 aliphatic carbocycles. The molecule has 2 N–H and O–H groups in total. The first kappa shape index (κ1) is 13.4. The zero-order valence-corrected chi connectivity index (χ0v) is 11.7. The summed E-state index contributed by atoms with van der Waals surface area (Å²) in [6.07, 6.45) is 4.49. The average molecular weight is 256 g/mol. The third-order valence-corrected chi connectivity index (χ3v) is 3.04. The molecule has 0 saturated carbocycles. The van der Waals surface area contributed by atoms with Crippen LogP contribution in [0.2, 0.25) is 0 Å². The quantitative estimate of drug-likeness (QED) is 0.811. The summed E-state index contributed by atoms with van der Waals surface area (Å²) in [6.45, 7) is 6.58. The van der Waals surface area contributed by atoms with E-state index in [0.717, 1.165) is 17.5 Å². The second-order valence-corrected chi connectivity index (χ2v) is 5.13. The van der Waals surface area contributed by atoms with Crippen molar-refractivity contribution in [1.29, 1.82) is 0 Å². The monoisotopic (exact) mass is 256 g/mol. The lowest BCUT2D eigenvalue weighted by molar-refractivity contribution is -0.116. The summed E-state index contributed by atoms with van der Waals surface area (Å²) in [7, 11) is 0. The molecule has 1 amide bonds. The van der Waals surface area contributed by atoms with E-state index in [-0.39, 0.29) is 5.91 Å². The van der Waals surface area contributed by atoms with Crippen LogP contribution in [0.5, 0.6) is 0 Å². The first-order valence-electron chi connectivity index (χ1n) is 6.55. The van der Waals surface area contributed by atoms with Crippen molar-refractivity contribution in [1.82, 2.24) is 10.3 Å². The lowest BCUT2D eigenvalue weighted by Gasteiger charge is -2.02. The smallest absolute Gasteiger partial charge is 0.243 e. The van der Waals surface area contributed by atoms with Crippen LogP contribution in [0.4, 0.5) is 0 Å². The predicted molar refractivity (Wildman–Crippen MR) is 79.2 cm³/mol. The van der Waals surface area contributed by atoms with Gasteiger partial charge in [-0.2, -0.15) is 0 Å². The Kier molecular flexibility index (Phi) is 4.05. The lowest BCUT2D eigenvalue weighted by Crippen LogP contribution is -2.23. The van der Waals surface area contributed by atoms with Crippen molar-refractivity contribution in [2.45, 2.75) is 27.2 Å². The van der Waals surface area contributed by atoms with Gasteiger partial charge in [0.25, 0.3) is 0 Å². The van der Waals surface area contributed by atoms with Crippen LogP contribution in [0.1, 0.15) is 25.0 Å². The van der Waals surface area contributed by atoms with E-state index in [9.17, 15) is 4.79 Å². The second-order valence-electron chi connectivity index (χ2n) is 5.13. The van der Waals surface area contributed by atoms with Gasteiger partial charge in [0.1, 0.15) is 0 Å². The maximum atomic E-state index is 11.5. The Bertz CT molecular complexity index is 619. The van der Waals surface area contributed by atoms with Gasteiger partial charge in [0, 0.05) is 29.7 Å². The highest BCUT2D eigenvalue weighted by Crippen LogP contribution is 2.19. The largest absolute Gasteiger partial charge is 0.361 e. The van der Waals surface area contributed by atoms with E-state index in [1.54, 1.807) is 6.08 Å². The number of hydrogen-bond donors (Lipinski definition) is 2. The molecule has 2 rings (SSSR count). The minimum atomic E-state index is -0.0179. The molecule has 0 bridgehead atoms. The number of fused-ring (bicyclic) bond motifs is 1. The van der Waals surface area contributed by atoms with Gasteiger partial charge in [-0.15, -0.1) is 0 Å². The van der Waals surface area contributed by atoms with Gasteiger partial charge < -0.3 is 10.3 Å². The van der Waals surface area contributed by atoms with Crippen molar-refractivity contribution >= 4 is 16.8 Å². The lowest BCUT2D eigenvalue weighted by atomic mass is 10.1. The predicted octanol–water partition coefficient (Wildman–Crippen LogP) is 3.10. The van der Waals surface area contributed by atoms with Crippen LogP contribution in [0.3, 0.4) is 0 Å². The minimum Gasteiger partial charge on any atom is -0.361 e. The van der Waals surface area contributed by atoms with Crippen LogP contribution < -0.4 is 5.32 Å². The number of aromatic amines is 1. The number of hydrogen-bond acceptors (Lipinski definition) is 1. The normalized spacial score (nSPS) is 10.5. The first-order chi connectivity index (χ1) is 9.06. The van der Waals surface area contributed by atoms with E-state index >= 15 is 0 Å². The molecule has 2 aromatic rings. The van der Waals surface area contributed by atoms with Gasteiger partial charge in [0.15, 0.2) is 0 Å². The van der Waals surface area contributed by atoms with Crippen LogP contribution in [-0.4, -0.2) is 17.4 Å². The molecule has 0 aliphatic rings. The number of H-pyrrole nitrogens is 1. The third-order valence-electron chi connectivity index (χ3n) is 3.04. The fraction of sp³-hybridized carbons (Fsp3) is 0.312. The Hall–Kier alpha value is -2.03. The van der Waals surface area contributed by atoms with Crippen molar-refractivity contribution in [3.8, 4) is 0 Å². The third kappa shape index (κ3) is 3.47. The number of nitrogens with one attached hydrogen (secondary N) is 2. The number of carbonyl (C=O) groups excluding carboxylic acids is 1. The van der Waals surface area contributed by atoms with Gasteiger partial charge >= 0.3 is 0 Å². The second kappa shape index (κ2) is 5.74. The highest BCUT2D eigenvalue weighted by molar-refractivity contribution is 5.88. The van der Waals surface area contributed by atoms with Crippen LogP contribution in [0.15, 0.2) is 36.0 Å². The number of benzene rings is 1. The van der Waals surface area contributed by atoms with Gasteiger partial charge in [-0.3, -0.25) is 4.79 Å². The molecule has 1 heterocycles. The topological polar surface area (TPSA) is 44.9 Å². The number of amides is 1. The molecule has 3 nitrogen and oxygen atoms in total. The Labute approximate surface area is 113 Å². The zero-order valence-electron chi connectivity index (χ0n) is 11.7. The van der Waals surface area contributed by atoms with Gasteiger partial charge in [-0.05, 0) is 44.4 Å². The molecule has 19 heavy (non-hydrogen) atoms. The van der Waals surface area contributed by atoms with E-state index in [1.807, 2.05) is 20.0 Å². The van der Waals surface area contributed by atoms with Crippen molar-refractivity contribution in [2.75, 3.05) is 6.54 Å². The summed E-state index contributed by atoms with van der Waals surface area (Å²) < 4.78 is 0. The van der Waals surface area contributed by atoms with Gasteiger partial charge in [0.2, 0.25) is 5.91 Å². The number of carbonyl (C=O) groups is 1. The Morgan fingerprint density at radius 1 is 1.37 bits per heavy atom. The van der Waals surface area contributed by atoms with Crippen LogP contribution >= 0.6 is 0 Å².